The molecule has 0 aliphatic heterocycles. The molecule has 0 saturated heterocycles. The molecule has 0 aliphatic rings. The number of rotatable bonds is 5. The summed E-state index contributed by atoms with van der Waals surface area (Å²) in [5.74, 6) is 0. The number of hydrogen-bond acceptors (Lipinski definition) is 2. The van der Waals surface area contributed by atoms with Crippen LogP contribution in [0.4, 0.5) is 0 Å². The topological polar surface area (TPSA) is 12.0 Å². The van der Waals surface area contributed by atoms with E-state index >= 15 is 0 Å². The van der Waals surface area contributed by atoms with Crippen LogP contribution in [0.1, 0.15) is 16.0 Å². The second kappa shape index (κ2) is 6.70. The molecule has 0 spiro atoms. The Morgan fingerprint density at radius 3 is 2.52 bits per heavy atom. The zero-order chi connectivity index (χ0) is 14.5. The third-order valence-electron chi connectivity index (χ3n) is 3.43. The van der Waals surface area contributed by atoms with Crippen molar-refractivity contribution in [3.05, 3.63) is 82.7 Å². The smallest absolute Gasteiger partial charge is 0.0346 e. The van der Waals surface area contributed by atoms with Gasteiger partial charge in [0.05, 0.1) is 0 Å². The molecule has 1 aromatic heterocycles. The molecule has 106 valence electrons. The van der Waals surface area contributed by atoms with Gasteiger partial charge in [-0.3, -0.25) is 0 Å². The standard InChI is InChI=1S/C19H19NS/c1-15-6-5-7-16(12-15)13-20-14-18-10-11-19(21-18)17-8-3-2-4-9-17/h2-12,20H,13-14H2,1H3. The van der Waals surface area contributed by atoms with E-state index in [1.54, 1.807) is 0 Å². The maximum Gasteiger partial charge on any atom is 0.0346 e. The minimum atomic E-state index is 0.917. The average molecular weight is 293 g/mol. The highest BCUT2D eigenvalue weighted by Gasteiger charge is 2.02. The summed E-state index contributed by atoms with van der Waals surface area (Å²) in [4.78, 5) is 2.71. The van der Waals surface area contributed by atoms with Gasteiger partial charge in [0.2, 0.25) is 0 Å². The van der Waals surface area contributed by atoms with Gasteiger partial charge >= 0.3 is 0 Å². The lowest BCUT2D eigenvalue weighted by atomic mass is 10.1. The highest BCUT2D eigenvalue weighted by Crippen LogP contribution is 2.27. The van der Waals surface area contributed by atoms with Crippen molar-refractivity contribution in [2.24, 2.45) is 0 Å². The molecule has 0 unspecified atom stereocenters. The summed E-state index contributed by atoms with van der Waals surface area (Å²) < 4.78 is 0. The van der Waals surface area contributed by atoms with E-state index < -0.39 is 0 Å². The van der Waals surface area contributed by atoms with Crippen LogP contribution >= 0.6 is 11.3 Å². The van der Waals surface area contributed by atoms with Crippen LogP contribution in [-0.2, 0) is 13.1 Å². The molecular weight excluding hydrogens is 274 g/mol. The van der Waals surface area contributed by atoms with Crippen molar-refractivity contribution in [1.82, 2.24) is 5.32 Å². The first-order chi connectivity index (χ1) is 10.3. The molecule has 0 fully saturated rings. The van der Waals surface area contributed by atoms with Gasteiger partial charge in [-0.2, -0.15) is 0 Å². The van der Waals surface area contributed by atoms with Gasteiger partial charge in [-0.25, -0.2) is 0 Å². The third-order valence-corrected chi connectivity index (χ3v) is 4.57. The zero-order valence-corrected chi connectivity index (χ0v) is 13.0. The Morgan fingerprint density at radius 2 is 1.71 bits per heavy atom. The Balaban J connectivity index is 1.58. The molecular formula is C19H19NS. The van der Waals surface area contributed by atoms with Crippen molar-refractivity contribution in [2.75, 3.05) is 0 Å². The van der Waals surface area contributed by atoms with E-state index in [-0.39, 0.29) is 0 Å². The SMILES string of the molecule is Cc1cccc(CNCc2ccc(-c3ccccc3)s2)c1. The molecule has 21 heavy (non-hydrogen) atoms. The van der Waals surface area contributed by atoms with Gasteiger partial charge in [0, 0.05) is 22.8 Å². The van der Waals surface area contributed by atoms with Crippen LogP contribution in [0.15, 0.2) is 66.7 Å². The molecule has 1 N–H and O–H groups in total. The highest BCUT2D eigenvalue weighted by atomic mass is 32.1. The first kappa shape index (κ1) is 14.1. The van der Waals surface area contributed by atoms with Crippen LogP contribution in [0, 0.1) is 6.92 Å². The molecule has 0 saturated carbocycles. The monoisotopic (exact) mass is 293 g/mol. The van der Waals surface area contributed by atoms with Crippen molar-refractivity contribution in [3.63, 3.8) is 0 Å². The number of hydrogen-bond donors (Lipinski definition) is 1. The van der Waals surface area contributed by atoms with Crippen molar-refractivity contribution >= 4 is 11.3 Å². The molecule has 3 rings (SSSR count). The minimum Gasteiger partial charge on any atom is -0.308 e. The fraction of sp³-hybridized carbons (Fsp3) is 0.158. The first-order valence-corrected chi connectivity index (χ1v) is 8.03. The Labute approximate surface area is 130 Å². The molecule has 1 nitrogen and oxygen atoms in total. The summed E-state index contributed by atoms with van der Waals surface area (Å²) >= 11 is 1.86. The van der Waals surface area contributed by atoms with Gasteiger partial charge in [-0.05, 0) is 30.2 Å². The fourth-order valence-electron chi connectivity index (χ4n) is 2.38. The predicted octanol–water partition coefficient (Wildman–Crippen LogP) is 5.01. The van der Waals surface area contributed by atoms with Crippen LogP contribution in [0.25, 0.3) is 10.4 Å². The van der Waals surface area contributed by atoms with Gasteiger partial charge in [0.15, 0.2) is 0 Å². The lowest BCUT2D eigenvalue weighted by Gasteiger charge is -2.04. The summed E-state index contributed by atoms with van der Waals surface area (Å²) in [6, 6.07) is 23.6. The lowest BCUT2D eigenvalue weighted by molar-refractivity contribution is 0.700. The van der Waals surface area contributed by atoms with Crippen LogP contribution in [0.5, 0.6) is 0 Å². The first-order valence-electron chi connectivity index (χ1n) is 7.22. The molecule has 0 amide bonds. The van der Waals surface area contributed by atoms with E-state index in [0.29, 0.717) is 0 Å². The average Bonchev–Trinajstić information content (AvgIpc) is 2.97. The van der Waals surface area contributed by atoms with Crippen LogP contribution < -0.4 is 5.32 Å². The Bertz CT molecular complexity index is 700. The summed E-state index contributed by atoms with van der Waals surface area (Å²) in [5.41, 5.74) is 3.96. The molecule has 0 radical (unpaired) electrons. The summed E-state index contributed by atoms with van der Waals surface area (Å²) in [5, 5.41) is 3.52. The Hall–Kier alpha value is -1.90. The van der Waals surface area contributed by atoms with E-state index in [2.05, 4.69) is 79.0 Å². The number of benzene rings is 2. The second-order valence-electron chi connectivity index (χ2n) is 5.22. The maximum atomic E-state index is 3.52. The van der Waals surface area contributed by atoms with Crippen LogP contribution in [0.3, 0.4) is 0 Å². The minimum absolute atomic E-state index is 0.917. The highest BCUT2D eigenvalue weighted by molar-refractivity contribution is 7.15. The Morgan fingerprint density at radius 1 is 0.857 bits per heavy atom. The van der Waals surface area contributed by atoms with E-state index in [1.807, 2.05) is 11.3 Å². The molecule has 2 heteroatoms. The maximum absolute atomic E-state index is 3.52. The van der Waals surface area contributed by atoms with Gasteiger partial charge in [0.25, 0.3) is 0 Å². The molecule has 1 heterocycles. The van der Waals surface area contributed by atoms with Gasteiger partial charge in [-0.1, -0.05) is 60.2 Å². The van der Waals surface area contributed by atoms with E-state index in [4.69, 9.17) is 0 Å². The largest absolute Gasteiger partial charge is 0.308 e. The van der Waals surface area contributed by atoms with Crippen molar-refractivity contribution < 1.29 is 0 Å². The summed E-state index contributed by atoms with van der Waals surface area (Å²) in [6.07, 6.45) is 0. The molecule has 0 bridgehead atoms. The second-order valence-corrected chi connectivity index (χ2v) is 6.39. The molecule has 0 aliphatic carbocycles. The van der Waals surface area contributed by atoms with E-state index in [9.17, 15) is 0 Å². The summed E-state index contributed by atoms with van der Waals surface area (Å²) in [7, 11) is 0. The third kappa shape index (κ3) is 3.81. The van der Waals surface area contributed by atoms with E-state index in [1.165, 1.54) is 26.4 Å². The van der Waals surface area contributed by atoms with Gasteiger partial charge in [0.1, 0.15) is 0 Å². The molecule has 2 aromatic carbocycles. The van der Waals surface area contributed by atoms with Gasteiger partial charge < -0.3 is 5.32 Å². The number of aryl methyl sites for hydroxylation is 1. The normalized spacial score (nSPS) is 10.7. The number of nitrogens with one attached hydrogen (secondary N) is 1. The van der Waals surface area contributed by atoms with Crippen molar-refractivity contribution in [1.29, 1.82) is 0 Å². The van der Waals surface area contributed by atoms with Gasteiger partial charge in [-0.15, -0.1) is 11.3 Å². The lowest BCUT2D eigenvalue weighted by Crippen LogP contribution is -2.11. The van der Waals surface area contributed by atoms with Crippen LogP contribution in [0.2, 0.25) is 0 Å². The molecule has 3 aromatic rings. The molecule has 0 atom stereocenters. The van der Waals surface area contributed by atoms with Crippen molar-refractivity contribution in [3.8, 4) is 10.4 Å². The Kier molecular flexibility index (Phi) is 4.49. The van der Waals surface area contributed by atoms with Crippen LogP contribution in [-0.4, -0.2) is 0 Å². The predicted molar refractivity (Wildman–Crippen MR) is 91.5 cm³/mol. The zero-order valence-electron chi connectivity index (χ0n) is 12.2. The van der Waals surface area contributed by atoms with Crippen molar-refractivity contribution in [2.45, 2.75) is 20.0 Å². The summed E-state index contributed by atoms with van der Waals surface area (Å²) in [6.45, 7) is 3.97. The van der Waals surface area contributed by atoms with E-state index in [0.717, 1.165) is 13.1 Å². The fourth-order valence-corrected chi connectivity index (χ4v) is 3.37. The quantitative estimate of drug-likeness (QED) is 0.697. The number of thiophene rings is 1.